The van der Waals surface area contributed by atoms with Crippen LogP contribution in [0, 0.1) is 17.3 Å². The predicted octanol–water partition coefficient (Wildman–Crippen LogP) is 6.79. The fourth-order valence-corrected chi connectivity index (χ4v) is 3.19. The molecule has 4 nitrogen and oxygen atoms in total. The number of hydrogen-bond acceptors (Lipinski definition) is 5. The Bertz CT molecular complexity index is 524. The van der Waals surface area contributed by atoms with Crippen LogP contribution >= 0.6 is 12.6 Å². The molecule has 0 spiro atoms. The smallest absolute Gasteiger partial charge is 0.203 e. The second-order valence-electron chi connectivity index (χ2n) is 11.7. The van der Waals surface area contributed by atoms with Gasteiger partial charge in [-0.05, 0) is 57.1 Å². The van der Waals surface area contributed by atoms with Crippen molar-refractivity contribution in [2.45, 2.75) is 118 Å². The summed E-state index contributed by atoms with van der Waals surface area (Å²) in [6.45, 7) is 22.7. The van der Waals surface area contributed by atoms with Crippen molar-refractivity contribution in [1.29, 1.82) is 0 Å². The summed E-state index contributed by atoms with van der Waals surface area (Å²) in [4.78, 5) is 12.4. The quantitative estimate of drug-likeness (QED) is 0.265. The van der Waals surface area contributed by atoms with Crippen LogP contribution in [-0.4, -0.2) is 36.0 Å². The van der Waals surface area contributed by atoms with Crippen molar-refractivity contribution in [3.8, 4) is 0 Å². The SMILES string of the molecule is CC(C)(C)S.CC(C)CCCNCC1=CC[C@@H](CC(=O)CC(C)(C)C)[C@@H](OC(C)C)O1. The van der Waals surface area contributed by atoms with E-state index >= 15 is 0 Å². The van der Waals surface area contributed by atoms with E-state index in [1.54, 1.807) is 0 Å². The maximum Gasteiger partial charge on any atom is 0.203 e. The van der Waals surface area contributed by atoms with E-state index in [9.17, 15) is 4.79 Å². The minimum atomic E-state index is -0.323. The van der Waals surface area contributed by atoms with Gasteiger partial charge in [0.05, 0.1) is 12.6 Å². The number of ether oxygens (including phenoxy) is 2. The molecule has 0 unspecified atom stereocenters. The molecule has 31 heavy (non-hydrogen) atoms. The lowest BCUT2D eigenvalue weighted by Crippen LogP contribution is -2.36. The van der Waals surface area contributed by atoms with E-state index in [0.717, 1.165) is 31.2 Å². The van der Waals surface area contributed by atoms with Gasteiger partial charge >= 0.3 is 0 Å². The van der Waals surface area contributed by atoms with Crippen LogP contribution in [0.5, 0.6) is 0 Å². The molecule has 0 radical (unpaired) electrons. The Morgan fingerprint density at radius 3 is 2.26 bits per heavy atom. The van der Waals surface area contributed by atoms with Gasteiger partial charge in [-0.1, -0.05) is 55.4 Å². The topological polar surface area (TPSA) is 47.6 Å². The molecule has 0 saturated heterocycles. The Balaban J connectivity index is 0.00000161. The summed E-state index contributed by atoms with van der Waals surface area (Å²) in [6, 6.07) is 0. The molecule has 184 valence electrons. The third-order valence-corrected chi connectivity index (χ3v) is 4.36. The van der Waals surface area contributed by atoms with Gasteiger partial charge in [-0.3, -0.25) is 4.79 Å². The van der Waals surface area contributed by atoms with Gasteiger partial charge in [0, 0.05) is 23.5 Å². The first-order valence-corrected chi connectivity index (χ1v) is 12.5. The molecule has 2 atom stereocenters. The molecule has 1 heterocycles. The number of allylic oxidation sites excluding steroid dienone is 1. The molecule has 1 aliphatic rings. The summed E-state index contributed by atoms with van der Waals surface area (Å²) in [5, 5.41) is 3.46. The number of carbonyl (C=O) groups is 1. The zero-order valence-electron chi connectivity index (χ0n) is 22.0. The molecule has 0 aromatic rings. The van der Waals surface area contributed by atoms with Crippen molar-refractivity contribution in [3.63, 3.8) is 0 Å². The molecule has 0 aliphatic carbocycles. The number of thiol groups is 1. The van der Waals surface area contributed by atoms with E-state index in [4.69, 9.17) is 9.47 Å². The summed E-state index contributed by atoms with van der Waals surface area (Å²) >= 11 is 4.12. The van der Waals surface area contributed by atoms with Gasteiger partial charge < -0.3 is 14.8 Å². The zero-order chi connectivity index (χ0) is 24.2. The van der Waals surface area contributed by atoms with Crippen LogP contribution in [0.15, 0.2) is 11.8 Å². The van der Waals surface area contributed by atoms with Crippen LogP contribution in [0.2, 0.25) is 0 Å². The number of ketones is 1. The van der Waals surface area contributed by atoms with Gasteiger partial charge in [-0.15, -0.1) is 0 Å². The lowest BCUT2D eigenvalue weighted by Gasteiger charge is -2.33. The second-order valence-corrected chi connectivity index (χ2v) is 13.0. The molecule has 0 amide bonds. The van der Waals surface area contributed by atoms with Crippen LogP contribution in [-0.2, 0) is 14.3 Å². The standard InChI is InChI=1S/C22H41NO3.C4H10S/c1-16(2)9-8-12-23-15-20-11-10-18(21(26-20)25-17(3)4)13-19(24)14-22(5,6)7;1-4(2,3)5/h11,16-18,21,23H,8-10,12-15H2,1-7H3;5H,1-3H3/t18-,21-;/m0./s1. The first-order valence-electron chi connectivity index (χ1n) is 12.0. The van der Waals surface area contributed by atoms with Gasteiger partial charge in [-0.25, -0.2) is 0 Å². The molecule has 0 bridgehead atoms. The molecule has 1 N–H and O–H groups in total. The summed E-state index contributed by atoms with van der Waals surface area (Å²) in [5.41, 5.74) is 0.0297. The minimum absolute atomic E-state index is 0.0297. The van der Waals surface area contributed by atoms with Crippen molar-refractivity contribution in [1.82, 2.24) is 5.32 Å². The number of Topliss-reactive ketones (excluding diaryl/α,β-unsaturated/α-hetero) is 1. The monoisotopic (exact) mass is 457 g/mol. The van der Waals surface area contributed by atoms with Crippen LogP contribution < -0.4 is 5.32 Å². The van der Waals surface area contributed by atoms with Gasteiger partial charge in [0.2, 0.25) is 6.29 Å². The maximum absolute atomic E-state index is 12.4. The van der Waals surface area contributed by atoms with E-state index < -0.39 is 0 Å². The molecule has 5 heteroatoms. The van der Waals surface area contributed by atoms with Gasteiger partial charge in [0.15, 0.2) is 0 Å². The van der Waals surface area contributed by atoms with Gasteiger partial charge in [-0.2, -0.15) is 12.6 Å². The first-order chi connectivity index (χ1) is 14.1. The fraction of sp³-hybridized carbons (Fsp3) is 0.885. The predicted molar refractivity (Wildman–Crippen MR) is 137 cm³/mol. The lowest BCUT2D eigenvalue weighted by molar-refractivity contribution is -0.179. The molecule has 0 aromatic heterocycles. The average molecular weight is 458 g/mol. The van der Waals surface area contributed by atoms with Crippen LogP contribution in [0.3, 0.4) is 0 Å². The summed E-state index contributed by atoms with van der Waals surface area (Å²) in [5.74, 6) is 2.10. The van der Waals surface area contributed by atoms with E-state index in [-0.39, 0.29) is 28.5 Å². The normalized spacial score (nSPS) is 19.6. The highest BCUT2D eigenvalue weighted by molar-refractivity contribution is 7.81. The number of nitrogens with one attached hydrogen (secondary N) is 1. The van der Waals surface area contributed by atoms with E-state index in [1.807, 2.05) is 13.8 Å². The highest BCUT2D eigenvalue weighted by Gasteiger charge is 2.31. The Morgan fingerprint density at radius 1 is 1.19 bits per heavy atom. The number of carbonyl (C=O) groups excluding carboxylic acids is 1. The molecule has 0 aromatic carbocycles. The molecule has 1 rings (SSSR count). The summed E-state index contributed by atoms with van der Waals surface area (Å²) < 4.78 is 12.3. The van der Waals surface area contributed by atoms with Crippen molar-refractivity contribution < 1.29 is 14.3 Å². The van der Waals surface area contributed by atoms with Gasteiger partial charge in [0.25, 0.3) is 0 Å². The molecule has 1 aliphatic heterocycles. The van der Waals surface area contributed by atoms with Crippen molar-refractivity contribution >= 4 is 18.4 Å². The molecular weight excluding hydrogens is 406 g/mol. The van der Waals surface area contributed by atoms with Crippen molar-refractivity contribution in [3.05, 3.63) is 11.8 Å². The third kappa shape index (κ3) is 19.9. The summed E-state index contributed by atoms with van der Waals surface area (Å²) in [6.07, 6.45) is 6.28. The second kappa shape index (κ2) is 14.6. The van der Waals surface area contributed by atoms with E-state index in [1.165, 1.54) is 12.8 Å². The van der Waals surface area contributed by atoms with Crippen molar-refractivity contribution in [2.75, 3.05) is 13.1 Å². The Labute approximate surface area is 198 Å². The first kappa shape index (κ1) is 30.5. The largest absolute Gasteiger partial charge is 0.468 e. The number of rotatable bonds is 11. The highest BCUT2D eigenvalue weighted by Crippen LogP contribution is 2.30. The van der Waals surface area contributed by atoms with Gasteiger partial charge in [0.1, 0.15) is 11.5 Å². The zero-order valence-corrected chi connectivity index (χ0v) is 22.9. The van der Waals surface area contributed by atoms with E-state index in [2.05, 4.69) is 79.4 Å². The van der Waals surface area contributed by atoms with Crippen molar-refractivity contribution in [2.24, 2.45) is 17.3 Å². The molecule has 0 fully saturated rings. The maximum atomic E-state index is 12.4. The Hall–Kier alpha value is -0.520. The Kier molecular flexibility index (Phi) is 14.3. The highest BCUT2D eigenvalue weighted by atomic mass is 32.1. The Morgan fingerprint density at radius 2 is 1.77 bits per heavy atom. The molecular formula is C26H51NO3S. The summed E-state index contributed by atoms with van der Waals surface area (Å²) in [7, 11) is 0. The van der Waals surface area contributed by atoms with Crippen LogP contribution in [0.4, 0.5) is 0 Å². The van der Waals surface area contributed by atoms with Crippen LogP contribution in [0.25, 0.3) is 0 Å². The third-order valence-electron chi connectivity index (χ3n) is 4.36. The lowest BCUT2D eigenvalue weighted by atomic mass is 9.85. The van der Waals surface area contributed by atoms with E-state index in [0.29, 0.717) is 18.6 Å². The molecule has 0 saturated carbocycles. The number of hydrogen-bond donors (Lipinski definition) is 2. The average Bonchev–Trinajstić information content (AvgIpc) is 2.52. The fourth-order valence-electron chi connectivity index (χ4n) is 3.19. The van der Waals surface area contributed by atoms with Crippen LogP contribution in [0.1, 0.15) is 101 Å². The minimum Gasteiger partial charge on any atom is -0.468 e.